The van der Waals surface area contributed by atoms with Crippen LogP contribution in [0, 0.1) is 29.8 Å². The van der Waals surface area contributed by atoms with Gasteiger partial charge in [0.1, 0.15) is 0 Å². The van der Waals surface area contributed by atoms with Crippen LogP contribution in [0.4, 0.5) is 10.1 Å². The molecule has 0 spiro atoms. The van der Waals surface area contributed by atoms with E-state index in [-0.39, 0.29) is 16.0 Å². The SMILES string of the molecule is C=CC(C)NS(=O)(=O)c1c(C)cc(F)c([N+](=O)[O-])c1C. The predicted octanol–water partition coefficient (Wildman–Crippen LogP) is 2.20. The van der Waals surface area contributed by atoms with E-state index in [0.29, 0.717) is 0 Å². The van der Waals surface area contributed by atoms with Gasteiger partial charge in [-0.25, -0.2) is 13.1 Å². The molecule has 1 aromatic carbocycles. The Morgan fingerprint density at radius 1 is 1.50 bits per heavy atom. The third-order valence-corrected chi connectivity index (χ3v) is 4.62. The van der Waals surface area contributed by atoms with Gasteiger partial charge in [-0.2, -0.15) is 4.39 Å². The smallest absolute Gasteiger partial charge is 0.258 e. The van der Waals surface area contributed by atoms with Crippen LogP contribution >= 0.6 is 0 Å². The van der Waals surface area contributed by atoms with Crippen LogP contribution in [0.1, 0.15) is 18.1 Å². The molecule has 0 aliphatic rings. The molecule has 0 aliphatic heterocycles. The Bertz CT molecular complexity index is 671. The van der Waals surface area contributed by atoms with Gasteiger partial charge >= 0.3 is 5.69 Å². The van der Waals surface area contributed by atoms with Crippen molar-refractivity contribution in [2.24, 2.45) is 0 Å². The minimum absolute atomic E-state index is 0.106. The Kier molecular flexibility index (Phi) is 4.61. The molecule has 0 fully saturated rings. The van der Waals surface area contributed by atoms with E-state index in [1.807, 2.05) is 0 Å². The highest BCUT2D eigenvalue weighted by Gasteiger charge is 2.29. The van der Waals surface area contributed by atoms with Gasteiger partial charge in [-0.05, 0) is 32.4 Å². The summed E-state index contributed by atoms with van der Waals surface area (Å²) in [5, 5.41) is 10.8. The third kappa shape index (κ3) is 3.02. The number of hydrogen-bond acceptors (Lipinski definition) is 4. The van der Waals surface area contributed by atoms with Crippen LogP contribution in [0.3, 0.4) is 0 Å². The van der Waals surface area contributed by atoms with Gasteiger partial charge in [-0.15, -0.1) is 6.58 Å². The molecule has 0 amide bonds. The Balaban J connectivity index is 3.57. The lowest BCUT2D eigenvalue weighted by Crippen LogP contribution is -2.32. The molecule has 0 bridgehead atoms. The molecule has 0 radical (unpaired) electrons. The molecule has 6 nitrogen and oxygen atoms in total. The lowest BCUT2D eigenvalue weighted by Gasteiger charge is -2.14. The van der Waals surface area contributed by atoms with Crippen molar-refractivity contribution in [1.29, 1.82) is 0 Å². The maximum Gasteiger partial charge on any atom is 0.309 e. The molecule has 20 heavy (non-hydrogen) atoms. The Labute approximate surface area is 116 Å². The molecule has 0 aliphatic carbocycles. The number of aryl methyl sites for hydroxylation is 1. The number of hydrogen-bond donors (Lipinski definition) is 1. The fourth-order valence-corrected chi connectivity index (χ4v) is 3.58. The highest BCUT2D eigenvalue weighted by molar-refractivity contribution is 7.89. The number of nitrogens with zero attached hydrogens (tertiary/aromatic N) is 1. The van der Waals surface area contributed by atoms with E-state index < -0.39 is 32.5 Å². The lowest BCUT2D eigenvalue weighted by molar-refractivity contribution is -0.388. The van der Waals surface area contributed by atoms with Crippen LogP contribution in [0.15, 0.2) is 23.6 Å². The summed E-state index contributed by atoms with van der Waals surface area (Å²) in [6.45, 7) is 7.60. The first kappa shape index (κ1) is 16.3. The third-order valence-electron chi connectivity index (χ3n) is 2.77. The number of nitro benzene ring substituents is 1. The Hall–Kier alpha value is -1.80. The summed E-state index contributed by atoms with van der Waals surface area (Å²) < 4.78 is 40.3. The fourth-order valence-electron chi connectivity index (χ4n) is 1.90. The molecule has 110 valence electrons. The lowest BCUT2D eigenvalue weighted by atomic mass is 10.1. The van der Waals surface area contributed by atoms with Crippen LogP contribution in [-0.4, -0.2) is 19.4 Å². The zero-order valence-electron chi connectivity index (χ0n) is 11.3. The van der Waals surface area contributed by atoms with Gasteiger partial charge in [0.05, 0.1) is 15.4 Å². The molecule has 8 heteroatoms. The zero-order valence-corrected chi connectivity index (χ0v) is 12.1. The number of nitrogens with one attached hydrogen (secondary N) is 1. The average molecular weight is 302 g/mol. The summed E-state index contributed by atoms with van der Waals surface area (Å²) in [6.07, 6.45) is 1.38. The van der Waals surface area contributed by atoms with E-state index in [4.69, 9.17) is 0 Å². The van der Waals surface area contributed by atoms with Crippen LogP contribution < -0.4 is 4.72 Å². The zero-order chi connectivity index (χ0) is 15.7. The van der Waals surface area contributed by atoms with Crippen molar-refractivity contribution < 1.29 is 17.7 Å². The van der Waals surface area contributed by atoms with E-state index >= 15 is 0 Å². The molecule has 0 aromatic heterocycles. The molecule has 1 rings (SSSR count). The van der Waals surface area contributed by atoms with Crippen LogP contribution in [0.5, 0.6) is 0 Å². The molecule has 1 aromatic rings. The summed E-state index contributed by atoms with van der Waals surface area (Å²) in [7, 11) is -4.00. The first-order valence-electron chi connectivity index (χ1n) is 5.70. The van der Waals surface area contributed by atoms with Crippen molar-refractivity contribution in [3.8, 4) is 0 Å². The average Bonchev–Trinajstić information content (AvgIpc) is 2.25. The van der Waals surface area contributed by atoms with Crippen LogP contribution in [0.2, 0.25) is 0 Å². The number of halogens is 1. The van der Waals surface area contributed by atoms with Gasteiger partial charge in [-0.3, -0.25) is 10.1 Å². The largest absolute Gasteiger partial charge is 0.309 e. The first-order valence-corrected chi connectivity index (χ1v) is 7.19. The maximum absolute atomic E-state index is 13.6. The fraction of sp³-hybridized carbons (Fsp3) is 0.333. The van der Waals surface area contributed by atoms with E-state index in [1.165, 1.54) is 19.9 Å². The molecule has 0 saturated heterocycles. The minimum Gasteiger partial charge on any atom is -0.258 e. The van der Waals surface area contributed by atoms with Gasteiger partial charge in [0.2, 0.25) is 15.8 Å². The van der Waals surface area contributed by atoms with E-state index in [2.05, 4.69) is 11.3 Å². The van der Waals surface area contributed by atoms with Gasteiger partial charge in [0, 0.05) is 6.04 Å². The quantitative estimate of drug-likeness (QED) is 0.513. The summed E-state index contributed by atoms with van der Waals surface area (Å²) in [6, 6.07) is 0.293. The van der Waals surface area contributed by atoms with Crippen molar-refractivity contribution >= 4 is 15.7 Å². The van der Waals surface area contributed by atoms with E-state index in [9.17, 15) is 22.9 Å². The molecular weight excluding hydrogens is 287 g/mol. The van der Waals surface area contributed by atoms with E-state index in [1.54, 1.807) is 6.92 Å². The molecule has 1 unspecified atom stereocenters. The summed E-state index contributed by atoms with van der Waals surface area (Å²) >= 11 is 0. The molecule has 0 saturated carbocycles. The van der Waals surface area contributed by atoms with Gasteiger partial charge in [-0.1, -0.05) is 6.08 Å². The summed E-state index contributed by atoms with van der Waals surface area (Å²) in [4.78, 5) is 9.64. The predicted molar refractivity (Wildman–Crippen MR) is 72.5 cm³/mol. The Morgan fingerprint density at radius 2 is 2.05 bits per heavy atom. The van der Waals surface area contributed by atoms with Crippen molar-refractivity contribution in [3.05, 3.63) is 45.8 Å². The molecular formula is C12H15FN2O4S. The monoisotopic (exact) mass is 302 g/mol. The van der Waals surface area contributed by atoms with Gasteiger partial charge < -0.3 is 0 Å². The number of nitro groups is 1. The molecule has 1 N–H and O–H groups in total. The number of rotatable bonds is 5. The van der Waals surface area contributed by atoms with Crippen molar-refractivity contribution in [2.75, 3.05) is 0 Å². The van der Waals surface area contributed by atoms with Crippen LogP contribution in [0.25, 0.3) is 0 Å². The first-order chi connectivity index (χ1) is 9.11. The standard InChI is InChI=1S/C12H15FN2O4S/c1-5-8(3)14-20(18,19)12-7(2)6-10(13)11(9(12)4)15(16)17/h5-6,8,14H,1H2,2-4H3. The summed E-state index contributed by atoms with van der Waals surface area (Å²) in [5.41, 5.74) is -0.951. The normalized spacial score (nSPS) is 13.0. The maximum atomic E-state index is 13.6. The molecule has 0 heterocycles. The van der Waals surface area contributed by atoms with Crippen molar-refractivity contribution in [1.82, 2.24) is 4.72 Å². The highest BCUT2D eigenvalue weighted by atomic mass is 32.2. The van der Waals surface area contributed by atoms with Gasteiger partial charge in [0.15, 0.2) is 0 Å². The second kappa shape index (κ2) is 5.68. The highest BCUT2D eigenvalue weighted by Crippen LogP contribution is 2.31. The van der Waals surface area contributed by atoms with Gasteiger partial charge in [0.25, 0.3) is 0 Å². The second-order valence-electron chi connectivity index (χ2n) is 4.38. The van der Waals surface area contributed by atoms with Crippen LogP contribution in [-0.2, 0) is 10.0 Å². The number of sulfonamides is 1. The second-order valence-corrected chi connectivity index (χ2v) is 6.03. The topological polar surface area (TPSA) is 89.3 Å². The van der Waals surface area contributed by atoms with E-state index in [0.717, 1.165) is 6.07 Å². The Morgan fingerprint density at radius 3 is 2.50 bits per heavy atom. The molecule has 1 atom stereocenters. The summed E-state index contributed by atoms with van der Waals surface area (Å²) in [5.74, 6) is -1.05. The number of benzene rings is 1. The minimum atomic E-state index is -4.00. The van der Waals surface area contributed by atoms with Crippen molar-refractivity contribution in [3.63, 3.8) is 0 Å². The van der Waals surface area contributed by atoms with Crippen molar-refractivity contribution in [2.45, 2.75) is 31.7 Å².